The molecule has 1 saturated carbocycles. The molecule has 0 saturated heterocycles. The summed E-state index contributed by atoms with van der Waals surface area (Å²) >= 11 is 0. The summed E-state index contributed by atoms with van der Waals surface area (Å²) in [7, 11) is 0. The molecule has 7 rings (SSSR count). The second-order valence-electron chi connectivity index (χ2n) is 14.2. The number of hydrogen-bond donors (Lipinski definition) is 8. The first kappa shape index (κ1) is 56.5. The highest BCUT2D eigenvalue weighted by atomic mass is 16.3. The number of hydrogen-bond acceptors (Lipinski definition) is 8. The molecular formula is C56H70N4O8. The third-order valence-corrected chi connectivity index (χ3v) is 10.2. The molecule has 68 heavy (non-hydrogen) atoms. The summed E-state index contributed by atoms with van der Waals surface area (Å²) in [6.45, 7) is 16.0. The fourth-order valence-electron chi connectivity index (χ4n) is 7.11. The van der Waals surface area contributed by atoms with E-state index in [1.807, 2.05) is 116 Å². The lowest BCUT2D eigenvalue weighted by atomic mass is 9.89. The van der Waals surface area contributed by atoms with E-state index in [1.165, 1.54) is 36.4 Å². The smallest absolute Gasteiger partial charge is 0.255 e. The van der Waals surface area contributed by atoms with E-state index in [1.54, 1.807) is 60.7 Å². The largest absolute Gasteiger partial charge is 0.507 e. The van der Waals surface area contributed by atoms with Gasteiger partial charge in [-0.25, -0.2) is 0 Å². The lowest BCUT2D eigenvalue weighted by molar-refractivity contribution is 0.0859. The summed E-state index contributed by atoms with van der Waals surface area (Å²) in [5.41, 5.74) is 2.20. The van der Waals surface area contributed by atoms with E-state index in [0.29, 0.717) is 0 Å². The Labute approximate surface area is 402 Å². The number of benzene rings is 6. The van der Waals surface area contributed by atoms with Crippen molar-refractivity contribution in [2.24, 2.45) is 0 Å². The van der Waals surface area contributed by atoms with Crippen LogP contribution in [0.15, 0.2) is 158 Å². The summed E-state index contributed by atoms with van der Waals surface area (Å²) in [5.74, 6) is -2.11. The van der Waals surface area contributed by atoms with Crippen LogP contribution >= 0.6 is 0 Å². The third kappa shape index (κ3) is 16.7. The minimum Gasteiger partial charge on any atom is -0.507 e. The Kier molecular flexibility index (Phi) is 26.1. The van der Waals surface area contributed by atoms with Crippen molar-refractivity contribution in [3.05, 3.63) is 191 Å². The molecule has 4 amide bonds. The number of aromatic hydroxyl groups is 4. The topological polar surface area (TPSA) is 197 Å². The Bertz CT molecular complexity index is 2240. The van der Waals surface area contributed by atoms with Gasteiger partial charge in [0, 0.05) is 12.1 Å². The molecule has 12 heteroatoms. The van der Waals surface area contributed by atoms with Crippen LogP contribution in [0.4, 0.5) is 0 Å². The van der Waals surface area contributed by atoms with Crippen molar-refractivity contribution < 1.29 is 39.6 Å². The Morgan fingerprint density at radius 1 is 0.368 bits per heavy atom. The van der Waals surface area contributed by atoms with Gasteiger partial charge < -0.3 is 41.7 Å². The quantitative estimate of drug-likeness (QED) is 0.0628. The van der Waals surface area contributed by atoms with Crippen LogP contribution in [0, 0.1) is 0 Å². The van der Waals surface area contributed by atoms with E-state index in [2.05, 4.69) is 21.3 Å². The molecule has 0 bridgehead atoms. The fraction of sp³-hybridized carbons (Fsp3) is 0.286. The second-order valence-corrected chi connectivity index (χ2v) is 14.2. The fourth-order valence-corrected chi connectivity index (χ4v) is 7.11. The predicted molar refractivity (Wildman–Crippen MR) is 272 cm³/mol. The van der Waals surface area contributed by atoms with E-state index in [9.17, 15) is 39.6 Å². The minimum absolute atomic E-state index is 0.0735. The molecule has 8 N–H and O–H groups in total. The first-order chi connectivity index (χ1) is 33.1. The second kappa shape index (κ2) is 31.3. The molecule has 0 radical (unpaired) electrons. The summed E-state index contributed by atoms with van der Waals surface area (Å²) in [5, 5.41) is 51.9. The molecule has 1 aliphatic rings. The van der Waals surface area contributed by atoms with Crippen molar-refractivity contribution in [1.29, 1.82) is 0 Å². The highest BCUT2D eigenvalue weighted by molar-refractivity contribution is 5.99. The van der Waals surface area contributed by atoms with Crippen LogP contribution in [0.25, 0.3) is 0 Å². The van der Waals surface area contributed by atoms with Gasteiger partial charge in [-0.2, -0.15) is 0 Å². The molecular weight excluding hydrogens is 857 g/mol. The summed E-state index contributed by atoms with van der Waals surface area (Å²) in [6.07, 6.45) is 3.39. The van der Waals surface area contributed by atoms with E-state index < -0.39 is 23.9 Å². The van der Waals surface area contributed by atoms with Crippen LogP contribution in [-0.4, -0.2) is 56.1 Å². The number of rotatable bonds is 11. The van der Waals surface area contributed by atoms with Crippen LogP contribution in [-0.2, 0) is 0 Å². The molecule has 2 unspecified atom stereocenters. The van der Waals surface area contributed by atoms with E-state index >= 15 is 0 Å². The molecule has 1 fully saturated rings. The zero-order chi connectivity index (χ0) is 50.4. The van der Waals surface area contributed by atoms with Crippen LogP contribution < -0.4 is 21.3 Å². The normalized spacial score (nSPS) is 14.0. The van der Waals surface area contributed by atoms with Gasteiger partial charge in [0.25, 0.3) is 23.6 Å². The SMILES string of the molecule is CC.CC.CC.CC.O=C(NC(c1ccccc1)[C@@H](NC(=O)c1ccccc1O)c1ccccc1)c1ccccc1O.O=C(NC1CCCC[C@@H]1NC(=O)c1ccccc1O)c1ccccc1O. The van der Waals surface area contributed by atoms with Crippen LogP contribution in [0.3, 0.4) is 0 Å². The predicted octanol–water partition coefficient (Wildman–Crippen LogP) is 11.4. The molecule has 0 heterocycles. The summed E-state index contributed by atoms with van der Waals surface area (Å²) in [4.78, 5) is 51.3. The van der Waals surface area contributed by atoms with Gasteiger partial charge in [0.1, 0.15) is 23.0 Å². The number of carbonyl (C=O) groups excluding carboxylic acids is 4. The first-order valence-corrected chi connectivity index (χ1v) is 23.6. The lowest BCUT2D eigenvalue weighted by Crippen LogP contribution is -2.53. The number of carbonyl (C=O) groups is 4. The maximum absolute atomic E-state index is 13.2. The number of amides is 4. The van der Waals surface area contributed by atoms with E-state index in [0.717, 1.165) is 36.8 Å². The van der Waals surface area contributed by atoms with E-state index in [4.69, 9.17) is 0 Å². The van der Waals surface area contributed by atoms with E-state index in [-0.39, 0.29) is 69.1 Å². The summed E-state index contributed by atoms with van der Waals surface area (Å²) in [6, 6.07) is 42.0. The molecule has 0 aliphatic heterocycles. The maximum Gasteiger partial charge on any atom is 0.255 e. The Morgan fingerprint density at radius 2 is 0.603 bits per heavy atom. The maximum atomic E-state index is 13.2. The molecule has 12 nitrogen and oxygen atoms in total. The molecule has 0 spiro atoms. The zero-order valence-electron chi connectivity index (χ0n) is 40.6. The van der Waals surface area contributed by atoms with Crippen molar-refractivity contribution in [2.45, 2.75) is 105 Å². The Morgan fingerprint density at radius 3 is 0.868 bits per heavy atom. The highest BCUT2D eigenvalue weighted by Crippen LogP contribution is 2.31. The molecule has 4 atom stereocenters. The molecule has 6 aromatic rings. The van der Waals surface area contributed by atoms with Gasteiger partial charge in [-0.05, 0) is 72.5 Å². The van der Waals surface area contributed by atoms with Gasteiger partial charge in [0.15, 0.2) is 0 Å². The lowest BCUT2D eigenvalue weighted by Gasteiger charge is -2.33. The van der Waals surface area contributed by atoms with Crippen LogP contribution in [0.5, 0.6) is 23.0 Å². The number of phenolic OH excluding ortho intramolecular Hbond substituents is 4. The molecule has 0 aromatic heterocycles. The van der Waals surface area contributed by atoms with Gasteiger partial charge >= 0.3 is 0 Å². The minimum atomic E-state index is -0.675. The average Bonchev–Trinajstić information content (AvgIpc) is 3.39. The van der Waals surface area contributed by atoms with Gasteiger partial charge in [0.2, 0.25) is 0 Å². The van der Waals surface area contributed by atoms with Gasteiger partial charge in [0.05, 0.1) is 34.3 Å². The molecule has 1 aliphatic carbocycles. The summed E-state index contributed by atoms with van der Waals surface area (Å²) < 4.78 is 0. The van der Waals surface area contributed by atoms with Crippen molar-refractivity contribution >= 4 is 23.6 Å². The van der Waals surface area contributed by atoms with Crippen molar-refractivity contribution in [1.82, 2.24) is 21.3 Å². The molecule has 6 aromatic carbocycles. The van der Waals surface area contributed by atoms with Crippen molar-refractivity contribution in [3.8, 4) is 23.0 Å². The van der Waals surface area contributed by atoms with Crippen LogP contribution in [0.2, 0.25) is 0 Å². The monoisotopic (exact) mass is 927 g/mol. The van der Waals surface area contributed by atoms with Gasteiger partial charge in [-0.1, -0.05) is 177 Å². The zero-order valence-corrected chi connectivity index (χ0v) is 40.6. The Balaban J connectivity index is 0.000000418. The first-order valence-electron chi connectivity index (χ1n) is 23.6. The number of nitrogens with one attached hydrogen (secondary N) is 4. The van der Waals surface area contributed by atoms with Gasteiger partial charge in [-0.3, -0.25) is 19.2 Å². The number of phenols is 4. The van der Waals surface area contributed by atoms with Crippen molar-refractivity contribution in [2.75, 3.05) is 0 Å². The average molecular weight is 927 g/mol. The molecule has 362 valence electrons. The standard InChI is InChI=1S/C28H24N2O4.C20H22N2O4.4C2H6/c31-23-17-9-7-15-21(23)27(33)29-25(19-11-3-1-4-12-19)26(20-13-5-2-6-14-20)30-28(34)22-16-8-10-18-24(22)32;23-17-11-5-1-7-13(17)19(25)21-15-9-3-4-10-16(15)22-20(26)14-8-2-6-12-18(14)24;4*1-2/h1-18,25-26,31-32H,(H,29,33)(H,30,34);1-2,5-8,11-12,15-16,23-24H,3-4,9-10H2,(H,21,25)(H,22,26);4*1-2H3/t25-,26?;15-,16?;;;;/m00..../s1. The third-order valence-electron chi connectivity index (χ3n) is 10.2. The highest BCUT2D eigenvalue weighted by Gasteiger charge is 2.31. The van der Waals surface area contributed by atoms with Crippen LogP contribution in [0.1, 0.15) is 146 Å². The Hall–Kier alpha value is -7.60. The number of para-hydroxylation sites is 4. The van der Waals surface area contributed by atoms with Gasteiger partial charge in [-0.15, -0.1) is 0 Å². The van der Waals surface area contributed by atoms with Crippen molar-refractivity contribution in [3.63, 3.8) is 0 Å².